The van der Waals surface area contributed by atoms with Crippen LogP contribution in [-0.4, -0.2) is 25.0 Å². The third-order valence-corrected chi connectivity index (χ3v) is 2.98. The Hall–Kier alpha value is -0.0400. The highest BCUT2D eigenvalue weighted by Crippen LogP contribution is 2.06. The number of hydrogen-bond donors (Lipinski definition) is 0. The quantitative estimate of drug-likeness (QED) is 0.488. The van der Waals surface area contributed by atoms with Gasteiger partial charge in [-0.1, -0.05) is 52.9 Å². The molecule has 0 heterocycles. The number of unbranched alkanes of at least 4 members (excludes halogenated alkanes) is 5. The van der Waals surface area contributed by atoms with Crippen LogP contribution in [0.25, 0.3) is 0 Å². The van der Waals surface area contributed by atoms with Crippen LogP contribution in [-0.2, 0) is 0 Å². The van der Waals surface area contributed by atoms with Crippen molar-refractivity contribution < 1.29 is 0 Å². The first-order chi connectivity index (χ1) is 7.16. The third kappa shape index (κ3) is 11.9. The van der Waals surface area contributed by atoms with Crippen molar-refractivity contribution >= 4 is 0 Å². The normalized spacial score (nSPS) is 11.6. The molecule has 0 saturated carbocycles. The van der Waals surface area contributed by atoms with E-state index < -0.39 is 0 Å². The summed E-state index contributed by atoms with van der Waals surface area (Å²) in [5, 5.41) is 0. The van der Waals surface area contributed by atoms with E-state index in [4.69, 9.17) is 0 Å². The Morgan fingerprint density at radius 1 is 0.867 bits per heavy atom. The maximum absolute atomic E-state index is 2.49. The molecule has 1 heteroatoms. The summed E-state index contributed by atoms with van der Waals surface area (Å²) in [5.74, 6) is 0.844. The lowest BCUT2D eigenvalue weighted by Crippen LogP contribution is -2.21. The molecule has 0 N–H and O–H groups in total. The van der Waals surface area contributed by atoms with Crippen LogP contribution in [0.4, 0.5) is 0 Å². The lowest BCUT2D eigenvalue weighted by molar-refractivity contribution is 0.302. The molecule has 0 amide bonds. The average molecular weight is 213 g/mol. The summed E-state index contributed by atoms with van der Waals surface area (Å²) >= 11 is 0. The van der Waals surface area contributed by atoms with Crippen LogP contribution < -0.4 is 0 Å². The molecule has 0 aromatic heterocycles. The van der Waals surface area contributed by atoms with Gasteiger partial charge in [-0.2, -0.15) is 0 Å². The van der Waals surface area contributed by atoms with Crippen molar-refractivity contribution in [3.63, 3.8) is 0 Å². The summed E-state index contributed by atoms with van der Waals surface area (Å²) < 4.78 is 0. The first-order valence-electron chi connectivity index (χ1n) is 6.85. The van der Waals surface area contributed by atoms with E-state index in [9.17, 15) is 0 Å². The molecule has 1 nitrogen and oxygen atoms in total. The first-order valence-corrected chi connectivity index (χ1v) is 6.85. The summed E-state index contributed by atoms with van der Waals surface area (Å²) in [6, 6.07) is 0. The molecule has 0 atom stereocenters. The van der Waals surface area contributed by atoms with Crippen LogP contribution in [0.15, 0.2) is 0 Å². The van der Waals surface area contributed by atoms with Gasteiger partial charge < -0.3 is 4.90 Å². The summed E-state index contributed by atoms with van der Waals surface area (Å²) in [6.07, 6.45) is 9.80. The maximum Gasteiger partial charge on any atom is -0.00194 e. The smallest absolute Gasteiger partial charge is 0.00194 e. The van der Waals surface area contributed by atoms with E-state index in [-0.39, 0.29) is 0 Å². The molecule has 0 aliphatic carbocycles. The van der Waals surface area contributed by atoms with Crippen LogP contribution in [0.1, 0.15) is 65.7 Å². The molecule has 0 saturated heterocycles. The van der Waals surface area contributed by atoms with Crippen molar-refractivity contribution in [2.45, 2.75) is 65.7 Å². The molecular weight excluding hydrogens is 182 g/mol. The molecule has 0 unspecified atom stereocenters. The lowest BCUT2D eigenvalue weighted by Gasteiger charge is -2.17. The van der Waals surface area contributed by atoms with Gasteiger partial charge in [-0.15, -0.1) is 0 Å². The highest BCUT2D eigenvalue weighted by Gasteiger charge is 2.00. The van der Waals surface area contributed by atoms with Gasteiger partial charge in [-0.05, 0) is 38.9 Å². The van der Waals surface area contributed by atoms with Gasteiger partial charge in [0.1, 0.15) is 0 Å². The fourth-order valence-electron chi connectivity index (χ4n) is 1.75. The fourth-order valence-corrected chi connectivity index (χ4v) is 1.75. The van der Waals surface area contributed by atoms with E-state index in [1.165, 1.54) is 58.0 Å². The number of nitrogens with zero attached hydrogens (tertiary/aromatic N) is 1. The monoisotopic (exact) mass is 213 g/mol. The lowest BCUT2D eigenvalue weighted by atomic mass is 10.1. The van der Waals surface area contributed by atoms with Gasteiger partial charge in [0.05, 0.1) is 0 Å². The molecule has 0 aliphatic rings. The molecule has 0 fully saturated rings. The second-order valence-electron chi connectivity index (χ2n) is 5.25. The molecule has 0 bridgehead atoms. The Bertz CT molecular complexity index is 121. The minimum Gasteiger partial charge on any atom is -0.306 e. The standard InChI is InChI=1S/C14H31N/c1-5-6-7-8-9-10-12-15(4)13-11-14(2)3/h14H,5-13H2,1-4H3. The molecule has 0 aromatic carbocycles. The van der Waals surface area contributed by atoms with Crippen molar-refractivity contribution in [2.75, 3.05) is 20.1 Å². The fraction of sp³-hybridized carbons (Fsp3) is 1.00. The van der Waals surface area contributed by atoms with Gasteiger partial charge in [0.2, 0.25) is 0 Å². The van der Waals surface area contributed by atoms with E-state index in [2.05, 4.69) is 32.7 Å². The van der Waals surface area contributed by atoms with Crippen LogP contribution >= 0.6 is 0 Å². The van der Waals surface area contributed by atoms with Crippen molar-refractivity contribution in [2.24, 2.45) is 5.92 Å². The molecule has 0 radical (unpaired) electrons. The van der Waals surface area contributed by atoms with Gasteiger partial charge in [0.25, 0.3) is 0 Å². The van der Waals surface area contributed by atoms with Gasteiger partial charge >= 0.3 is 0 Å². The summed E-state index contributed by atoms with van der Waals surface area (Å²) in [7, 11) is 2.26. The van der Waals surface area contributed by atoms with Crippen LogP contribution in [0.3, 0.4) is 0 Å². The summed E-state index contributed by atoms with van der Waals surface area (Å²) in [6.45, 7) is 9.45. The minimum absolute atomic E-state index is 0.844. The van der Waals surface area contributed by atoms with Gasteiger partial charge in [-0.25, -0.2) is 0 Å². The molecular formula is C14H31N. The molecule has 0 spiro atoms. The van der Waals surface area contributed by atoms with Crippen LogP contribution in [0, 0.1) is 5.92 Å². The van der Waals surface area contributed by atoms with Crippen molar-refractivity contribution in [3.05, 3.63) is 0 Å². The summed E-state index contributed by atoms with van der Waals surface area (Å²) in [5.41, 5.74) is 0. The van der Waals surface area contributed by atoms with Crippen molar-refractivity contribution in [3.8, 4) is 0 Å². The molecule has 0 aliphatic heterocycles. The maximum atomic E-state index is 2.49. The molecule has 92 valence electrons. The van der Waals surface area contributed by atoms with E-state index >= 15 is 0 Å². The SMILES string of the molecule is CCCCCCCCN(C)CCC(C)C. The number of hydrogen-bond acceptors (Lipinski definition) is 1. The molecule has 15 heavy (non-hydrogen) atoms. The second-order valence-corrected chi connectivity index (χ2v) is 5.25. The predicted molar refractivity (Wildman–Crippen MR) is 70.3 cm³/mol. The van der Waals surface area contributed by atoms with Gasteiger partial charge in [0, 0.05) is 0 Å². The van der Waals surface area contributed by atoms with E-state index in [1.54, 1.807) is 0 Å². The van der Waals surface area contributed by atoms with E-state index in [0.29, 0.717) is 0 Å². The van der Waals surface area contributed by atoms with E-state index in [0.717, 1.165) is 5.92 Å². The Kier molecular flexibility index (Phi) is 10.4. The molecule has 0 rings (SSSR count). The predicted octanol–water partition coefficient (Wildman–Crippen LogP) is 4.32. The minimum atomic E-state index is 0.844. The Balaban J connectivity index is 3.13. The Morgan fingerprint density at radius 3 is 2.07 bits per heavy atom. The average Bonchev–Trinajstić information content (AvgIpc) is 2.20. The first kappa shape index (κ1) is 15.0. The number of rotatable bonds is 10. The largest absolute Gasteiger partial charge is 0.306 e. The Morgan fingerprint density at radius 2 is 1.47 bits per heavy atom. The summed E-state index contributed by atoms with van der Waals surface area (Å²) in [4.78, 5) is 2.49. The molecule has 0 aromatic rings. The topological polar surface area (TPSA) is 3.24 Å². The van der Waals surface area contributed by atoms with Gasteiger partial charge in [0.15, 0.2) is 0 Å². The van der Waals surface area contributed by atoms with E-state index in [1.807, 2.05) is 0 Å². The van der Waals surface area contributed by atoms with Crippen molar-refractivity contribution in [1.29, 1.82) is 0 Å². The second kappa shape index (κ2) is 10.5. The van der Waals surface area contributed by atoms with Crippen molar-refractivity contribution in [1.82, 2.24) is 4.90 Å². The van der Waals surface area contributed by atoms with Crippen LogP contribution in [0.5, 0.6) is 0 Å². The highest BCUT2D eigenvalue weighted by atomic mass is 15.1. The zero-order valence-corrected chi connectivity index (χ0v) is 11.4. The Labute approximate surface area is 97.2 Å². The van der Waals surface area contributed by atoms with Crippen LogP contribution in [0.2, 0.25) is 0 Å². The zero-order chi connectivity index (χ0) is 11.5. The third-order valence-electron chi connectivity index (χ3n) is 2.98. The zero-order valence-electron chi connectivity index (χ0n) is 11.4. The highest BCUT2D eigenvalue weighted by molar-refractivity contribution is 4.54. The van der Waals surface area contributed by atoms with Gasteiger partial charge in [-0.3, -0.25) is 0 Å².